The zero-order chi connectivity index (χ0) is 8.81. The van der Waals surface area contributed by atoms with Crippen LogP contribution >= 0.6 is 0 Å². The summed E-state index contributed by atoms with van der Waals surface area (Å²) in [5, 5.41) is 0. The van der Waals surface area contributed by atoms with E-state index < -0.39 is 0 Å². The molecule has 1 aliphatic heterocycles. The summed E-state index contributed by atoms with van der Waals surface area (Å²) in [4.78, 5) is 2.50. The van der Waals surface area contributed by atoms with E-state index in [0.29, 0.717) is 0 Å². The van der Waals surface area contributed by atoms with Crippen molar-refractivity contribution in [1.82, 2.24) is 4.90 Å². The smallest absolute Gasteiger partial charge is 0.0214 e. The molecule has 1 fully saturated rings. The van der Waals surface area contributed by atoms with Crippen LogP contribution in [-0.2, 0) is 0 Å². The minimum absolute atomic E-state index is 0.916. The Balaban J connectivity index is 2.13. The molecule has 1 atom stereocenters. The molecule has 1 saturated heterocycles. The summed E-state index contributed by atoms with van der Waals surface area (Å²) in [7, 11) is 0. The van der Waals surface area contributed by atoms with Crippen LogP contribution in [0, 0.1) is 18.3 Å². The zero-order valence-electron chi connectivity index (χ0n) is 8.05. The van der Waals surface area contributed by atoms with Gasteiger partial charge in [0.2, 0.25) is 0 Å². The lowest BCUT2D eigenvalue weighted by atomic mass is 10.0. The van der Waals surface area contributed by atoms with Gasteiger partial charge in [0.25, 0.3) is 0 Å². The Morgan fingerprint density at radius 1 is 1.58 bits per heavy atom. The van der Waals surface area contributed by atoms with Crippen LogP contribution in [0.25, 0.3) is 0 Å². The first-order chi connectivity index (χ1) is 5.86. The van der Waals surface area contributed by atoms with Gasteiger partial charge in [-0.15, -0.1) is 12.3 Å². The van der Waals surface area contributed by atoms with Gasteiger partial charge in [-0.25, -0.2) is 0 Å². The highest BCUT2D eigenvalue weighted by Gasteiger charge is 2.20. The minimum atomic E-state index is 0.916. The SMILES string of the molecule is C#CCCN1CCC(CCC)C1. The van der Waals surface area contributed by atoms with Crippen LogP contribution < -0.4 is 0 Å². The molecule has 0 aromatic heterocycles. The van der Waals surface area contributed by atoms with Crippen LogP contribution in [0.15, 0.2) is 0 Å². The molecule has 12 heavy (non-hydrogen) atoms. The van der Waals surface area contributed by atoms with Gasteiger partial charge in [0.05, 0.1) is 0 Å². The maximum Gasteiger partial charge on any atom is 0.0214 e. The van der Waals surface area contributed by atoms with Gasteiger partial charge in [-0.3, -0.25) is 0 Å². The van der Waals surface area contributed by atoms with Crippen molar-refractivity contribution in [1.29, 1.82) is 0 Å². The van der Waals surface area contributed by atoms with Crippen molar-refractivity contribution in [2.45, 2.75) is 32.6 Å². The molecule has 1 rings (SSSR count). The summed E-state index contributed by atoms with van der Waals surface area (Å²) in [5.74, 6) is 3.65. The van der Waals surface area contributed by atoms with E-state index in [1.165, 1.54) is 32.4 Å². The monoisotopic (exact) mass is 165 g/mol. The second-order valence-corrected chi connectivity index (χ2v) is 3.70. The molecule has 0 spiro atoms. The fourth-order valence-electron chi connectivity index (χ4n) is 1.98. The first-order valence-corrected chi connectivity index (χ1v) is 5.02. The number of hydrogen-bond acceptors (Lipinski definition) is 1. The van der Waals surface area contributed by atoms with Gasteiger partial charge in [-0.2, -0.15) is 0 Å². The molecule has 0 radical (unpaired) electrons. The van der Waals surface area contributed by atoms with Crippen molar-refractivity contribution in [3.63, 3.8) is 0 Å². The number of nitrogens with zero attached hydrogens (tertiary/aromatic N) is 1. The summed E-state index contributed by atoms with van der Waals surface area (Å²) in [6.07, 6.45) is 10.2. The molecule has 0 saturated carbocycles. The van der Waals surface area contributed by atoms with E-state index in [-0.39, 0.29) is 0 Å². The first kappa shape index (κ1) is 9.61. The Hall–Kier alpha value is -0.480. The molecule has 68 valence electrons. The molecule has 1 unspecified atom stereocenters. The average molecular weight is 165 g/mol. The van der Waals surface area contributed by atoms with Gasteiger partial charge in [-0.1, -0.05) is 13.3 Å². The molecule has 1 nitrogen and oxygen atoms in total. The van der Waals surface area contributed by atoms with Crippen LogP contribution in [-0.4, -0.2) is 24.5 Å². The van der Waals surface area contributed by atoms with E-state index in [2.05, 4.69) is 17.7 Å². The van der Waals surface area contributed by atoms with Crippen LogP contribution in [0.5, 0.6) is 0 Å². The van der Waals surface area contributed by atoms with E-state index in [1.54, 1.807) is 0 Å². The average Bonchev–Trinajstić information content (AvgIpc) is 2.50. The molecule has 0 N–H and O–H groups in total. The maximum atomic E-state index is 5.22. The zero-order valence-corrected chi connectivity index (χ0v) is 8.05. The molecule has 1 aliphatic rings. The largest absolute Gasteiger partial charge is 0.302 e. The summed E-state index contributed by atoms with van der Waals surface area (Å²) < 4.78 is 0. The van der Waals surface area contributed by atoms with E-state index in [1.807, 2.05) is 0 Å². The summed E-state index contributed by atoms with van der Waals surface area (Å²) in [6, 6.07) is 0. The van der Waals surface area contributed by atoms with Crippen molar-refractivity contribution in [3.8, 4) is 12.3 Å². The van der Waals surface area contributed by atoms with Crippen molar-refractivity contribution < 1.29 is 0 Å². The fraction of sp³-hybridized carbons (Fsp3) is 0.818. The Kier molecular flexibility index (Phi) is 4.18. The molecule has 0 amide bonds. The summed E-state index contributed by atoms with van der Waals surface area (Å²) in [6.45, 7) is 5.93. The molecular weight excluding hydrogens is 146 g/mol. The molecule has 0 aromatic carbocycles. The quantitative estimate of drug-likeness (QED) is 0.577. The lowest BCUT2D eigenvalue weighted by Crippen LogP contribution is -2.21. The van der Waals surface area contributed by atoms with Crippen LogP contribution in [0.2, 0.25) is 0 Å². The van der Waals surface area contributed by atoms with E-state index in [9.17, 15) is 0 Å². The van der Waals surface area contributed by atoms with Crippen LogP contribution in [0.3, 0.4) is 0 Å². The Labute approximate surface area is 76.1 Å². The van der Waals surface area contributed by atoms with Gasteiger partial charge in [0.15, 0.2) is 0 Å². The van der Waals surface area contributed by atoms with E-state index in [0.717, 1.165) is 18.9 Å². The van der Waals surface area contributed by atoms with Gasteiger partial charge >= 0.3 is 0 Å². The standard InChI is InChI=1S/C11H19N/c1-3-5-8-12-9-7-11(10-12)6-4-2/h1,11H,4-10H2,2H3. The predicted octanol–water partition coefficient (Wildman–Crippen LogP) is 2.13. The molecule has 0 aromatic rings. The van der Waals surface area contributed by atoms with Gasteiger partial charge < -0.3 is 4.90 Å². The summed E-state index contributed by atoms with van der Waals surface area (Å²) in [5.41, 5.74) is 0. The van der Waals surface area contributed by atoms with E-state index >= 15 is 0 Å². The predicted molar refractivity (Wildman–Crippen MR) is 52.9 cm³/mol. The normalized spacial score (nSPS) is 24.2. The second kappa shape index (κ2) is 5.22. The van der Waals surface area contributed by atoms with Crippen molar-refractivity contribution in [3.05, 3.63) is 0 Å². The van der Waals surface area contributed by atoms with Gasteiger partial charge in [0, 0.05) is 19.5 Å². The molecule has 0 bridgehead atoms. The Morgan fingerprint density at radius 3 is 3.08 bits per heavy atom. The second-order valence-electron chi connectivity index (χ2n) is 3.70. The number of likely N-dealkylation sites (tertiary alicyclic amines) is 1. The first-order valence-electron chi connectivity index (χ1n) is 5.02. The van der Waals surface area contributed by atoms with Gasteiger partial charge in [0.1, 0.15) is 0 Å². The summed E-state index contributed by atoms with van der Waals surface area (Å²) >= 11 is 0. The molecular formula is C11H19N. The van der Waals surface area contributed by atoms with E-state index in [4.69, 9.17) is 6.42 Å². The van der Waals surface area contributed by atoms with Crippen LogP contribution in [0.4, 0.5) is 0 Å². The van der Waals surface area contributed by atoms with Crippen molar-refractivity contribution in [2.75, 3.05) is 19.6 Å². The molecule has 0 aliphatic carbocycles. The lowest BCUT2D eigenvalue weighted by molar-refractivity contribution is 0.328. The lowest BCUT2D eigenvalue weighted by Gasteiger charge is -2.13. The maximum absolute atomic E-state index is 5.22. The fourth-order valence-corrected chi connectivity index (χ4v) is 1.98. The number of terminal acetylenes is 1. The third-order valence-electron chi connectivity index (χ3n) is 2.64. The third-order valence-corrected chi connectivity index (χ3v) is 2.64. The third kappa shape index (κ3) is 2.87. The highest BCUT2D eigenvalue weighted by atomic mass is 15.1. The highest BCUT2D eigenvalue weighted by molar-refractivity contribution is 4.86. The molecule has 1 heterocycles. The minimum Gasteiger partial charge on any atom is -0.302 e. The number of hydrogen-bond donors (Lipinski definition) is 0. The van der Waals surface area contributed by atoms with Crippen molar-refractivity contribution in [2.24, 2.45) is 5.92 Å². The van der Waals surface area contributed by atoms with Crippen molar-refractivity contribution >= 4 is 0 Å². The Bertz CT molecular complexity index is 157. The number of rotatable bonds is 4. The van der Waals surface area contributed by atoms with Gasteiger partial charge in [-0.05, 0) is 25.3 Å². The van der Waals surface area contributed by atoms with Crippen LogP contribution in [0.1, 0.15) is 32.6 Å². The topological polar surface area (TPSA) is 3.24 Å². The molecule has 1 heteroatoms. The highest BCUT2D eigenvalue weighted by Crippen LogP contribution is 2.20. The Morgan fingerprint density at radius 2 is 2.42 bits per heavy atom.